The predicted octanol–water partition coefficient (Wildman–Crippen LogP) is 8.76. The first-order valence-electron chi connectivity index (χ1n) is 13.3. The molecule has 20 heteroatoms. The summed E-state index contributed by atoms with van der Waals surface area (Å²) in [5.74, 6) is -15.6. The fraction of sp³-hybridized carbons (Fsp3) is 0.276. The number of ether oxygens (including phenoxy) is 1. The number of benzene rings is 3. The lowest BCUT2D eigenvalue weighted by molar-refractivity contribution is -0.337. The molecule has 1 saturated carbocycles. The van der Waals surface area contributed by atoms with E-state index in [0.29, 0.717) is 24.3 Å². The molecule has 0 spiro atoms. The van der Waals surface area contributed by atoms with Gasteiger partial charge in [-0.1, -0.05) is 17.7 Å². The van der Waals surface area contributed by atoms with Gasteiger partial charge in [-0.3, -0.25) is 14.4 Å². The number of rotatable bonds is 10. The van der Waals surface area contributed by atoms with Crippen molar-refractivity contribution in [2.24, 2.45) is 5.92 Å². The molecule has 3 aromatic rings. The van der Waals surface area contributed by atoms with E-state index in [2.05, 4.69) is 10.1 Å². The van der Waals surface area contributed by atoms with Crippen molar-refractivity contribution in [3.63, 3.8) is 0 Å². The van der Waals surface area contributed by atoms with Crippen LogP contribution in [0.4, 0.5) is 61.0 Å². The molecule has 1 aliphatic rings. The molecule has 0 heterocycles. The smallest absolute Gasteiger partial charge is 0.326 e. The molecule has 49 heavy (non-hydrogen) atoms. The Balaban J connectivity index is 1.48. The zero-order valence-corrected chi connectivity index (χ0v) is 26.3. The van der Waals surface area contributed by atoms with Gasteiger partial charge in [0, 0.05) is 18.5 Å². The summed E-state index contributed by atoms with van der Waals surface area (Å²) in [6.07, 6.45) is -10.1. The number of anilines is 3. The van der Waals surface area contributed by atoms with Crippen molar-refractivity contribution >= 4 is 69.6 Å². The van der Waals surface area contributed by atoms with Crippen molar-refractivity contribution < 1.29 is 63.0 Å². The van der Waals surface area contributed by atoms with Gasteiger partial charge in [0.05, 0.1) is 27.8 Å². The van der Waals surface area contributed by atoms with Crippen molar-refractivity contribution in [2.45, 2.75) is 35.4 Å². The number of carbonyl (C=O) groups excluding carboxylic acids is 3. The molecule has 0 saturated heterocycles. The highest BCUT2D eigenvalue weighted by Crippen LogP contribution is 2.65. The molecule has 1 fully saturated rings. The summed E-state index contributed by atoms with van der Waals surface area (Å²) in [6, 6.07) is 6.56. The first kappa shape index (κ1) is 38.0. The largest absolute Gasteiger partial charge is 0.419 e. The summed E-state index contributed by atoms with van der Waals surface area (Å²) >= 11 is 18.4. The van der Waals surface area contributed by atoms with Crippen molar-refractivity contribution in [3.05, 3.63) is 87.7 Å². The van der Waals surface area contributed by atoms with Crippen LogP contribution in [-0.4, -0.2) is 40.7 Å². The van der Waals surface area contributed by atoms with Crippen LogP contribution in [0.3, 0.4) is 0 Å². The van der Waals surface area contributed by atoms with Gasteiger partial charge in [0.1, 0.15) is 28.3 Å². The number of hydrogen-bond acceptors (Lipinski definition) is 4. The van der Waals surface area contributed by atoms with Gasteiger partial charge in [0.2, 0.25) is 5.91 Å². The van der Waals surface area contributed by atoms with Crippen LogP contribution >= 0.6 is 34.8 Å². The Bertz CT molecular complexity index is 1820. The average Bonchev–Trinajstić information content (AvgIpc) is 3.57. The zero-order chi connectivity index (χ0) is 36.9. The molecular weight excluding hydrogens is 751 g/mol. The van der Waals surface area contributed by atoms with Gasteiger partial charge in [-0.2, -0.15) is 30.7 Å². The normalized spacial score (nSPS) is 17.3. The van der Waals surface area contributed by atoms with Gasteiger partial charge in [-0.05, 0) is 48.0 Å². The Morgan fingerprint density at radius 1 is 0.857 bits per heavy atom. The van der Waals surface area contributed by atoms with Crippen LogP contribution in [0.15, 0.2) is 48.5 Å². The van der Waals surface area contributed by atoms with Crippen molar-refractivity contribution in [3.8, 4) is 0 Å². The fourth-order valence-electron chi connectivity index (χ4n) is 4.43. The first-order chi connectivity index (χ1) is 22.5. The molecule has 0 aromatic heterocycles. The predicted molar refractivity (Wildman–Crippen MR) is 157 cm³/mol. The summed E-state index contributed by atoms with van der Waals surface area (Å²) in [5.41, 5.74) is -4.39. The second kappa shape index (κ2) is 13.5. The third-order valence-corrected chi connectivity index (χ3v) is 8.24. The van der Waals surface area contributed by atoms with Crippen LogP contribution in [-0.2, 0) is 20.5 Å². The Kier molecular flexibility index (Phi) is 10.5. The number of alkyl halides is 9. The highest BCUT2D eigenvalue weighted by Gasteiger charge is 2.67. The average molecular weight is 769 g/mol. The maximum Gasteiger partial charge on any atom is 0.419 e. The zero-order valence-electron chi connectivity index (χ0n) is 24.0. The Hall–Kier alpha value is -3.80. The Labute approximate surface area is 283 Å². The van der Waals surface area contributed by atoms with E-state index in [0.717, 1.165) is 18.2 Å². The van der Waals surface area contributed by atoms with E-state index in [1.807, 2.05) is 5.32 Å². The third-order valence-electron chi connectivity index (χ3n) is 6.97. The van der Waals surface area contributed by atoms with Gasteiger partial charge >= 0.3 is 18.2 Å². The Morgan fingerprint density at radius 2 is 1.49 bits per heavy atom. The lowest BCUT2D eigenvalue weighted by Gasteiger charge is -2.22. The van der Waals surface area contributed by atoms with Crippen LogP contribution in [0.25, 0.3) is 0 Å². The maximum absolute atomic E-state index is 15.1. The van der Waals surface area contributed by atoms with Gasteiger partial charge < -0.3 is 20.7 Å². The van der Waals surface area contributed by atoms with E-state index < -0.39 is 98.7 Å². The maximum atomic E-state index is 15.1. The highest BCUT2D eigenvalue weighted by atomic mass is 35.5. The van der Waals surface area contributed by atoms with Crippen LogP contribution < -0.4 is 16.0 Å². The molecule has 0 bridgehead atoms. The van der Waals surface area contributed by atoms with Crippen molar-refractivity contribution in [2.75, 3.05) is 22.6 Å². The SMILES string of the molecule is CC(F)(F)C(F)(F)OCC(=O)Nc1c(F)ccc(NC(=O)c2cc(NC(=O)[C@H]3[C@H](c4ccc(F)c(C(F)(F)F)c4)C3(Cl)Cl)ccc2Cl)c1F. The molecule has 2 atom stereocenters. The quantitative estimate of drug-likeness (QED) is 0.142. The summed E-state index contributed by atoms with van der Waals surface area (Å²) in [4.78, 5) is 37.9. The molecule has 3 aromatic carbocycles. The van der Waals surface area contributed by atoms with Crippen molar-refractivity contribution in [1.82, 2.24) is 0 Å². The van der Waals surface area contributed by atoms with Crippen LogP contribution in [0.1, 0.15) is 34.3 Å². The molecule has 3 amide bonds. The van der Waals surface area contributed by atoms with Crippen LogP contribution in [0.2, 0.25) is 5.02 Å². The topological polar surface area (TPSA) is 96.5 Å². The number of carbonyl (C=O) groups is 3. The minimum absolute atomic E-state index is 0.133. The fourth-order valence-corrected chi connectivity index (χ4v) is 5.46. The van der Waals surface area contributed by atoms with E-state index in [9.17, 15) is 53.9 Å². The monoisotopic (exact) mass is 767 g/mol. The summed E-state index contributed by atoms with van der Waals surface area (Å²) < 4.78 is 137. The molecule has 0 unspecified atom stereocenters. The molecule has 3 N–H and O–H groups in total. The van der Waals surface area contributed by atoms with E-state index >= 15 is 4.39 Å². The van der Waals surface area contributed by atoms with Gasteiger partial charge in [0.25, 0.3) is 11.8 Å². The third kappa shape index (κ3) is 8.16. The standard InChI is InChI=1S/C29H18Cl3F10N3O4/c1-26(36,37)29(41,42)49-10-19(46)45-23-17(34)6-7-18(22(23)35)44-24(47)13-9-12(3-4-15(13)30)43-25(48)21-20(27(21,31)32)11-2-5-16(33)14(8-11)28(38,39)40/h2-9,20-21H,10H2,1H3,(H,43,48)(H,44,47)(H,45,46)/t20-,21+/m0/s1. The lowest BCUT2D eigenvalue weighted by atomic mass is 10.0. The van der Waals surface area contributed by atoms with Crippen LogP contribution in [0.5, 0.6) is 0 Å². The van der Waals surface area contributed by atoms with E-state index in [4.69, 9.17) is 34.8 Å². The lowest BCUT2D eigenvalue weighted by Crippen LogP contribution is -2.42. The Morgan fingerprint density at radius 3 is 2.10 bits per heavy atom. The first-order valence-corrected chi connectivity index (χ1v) is 14.4. The minimum Gasteiger partial charge on any atom is -0.326 e. The summed E-state index contributed by atoms with van der Waals surface area (Å²) in [5, 5.41) is 5.65. The summed E-state index contributed by atoms with van der Waals surface area (Å²) in [6.45, 7) is -1.93. The number of hydrogen-bond donors (Lipinski definition) is 3. The number of nitrogens with one attached hydrogen (secondary N) is 3. The molecule has 7 nitrogen and oxygen atoms in total. The van der Waals surface area contributed by atoms with Gasteiger partial charge in [0.15, 0.2) is 5.82 Å². The highest BCUT2D eigenvalue weighted by molar-refractivity contribution is 6.53. The second-order valence-corrected chi connectivity index (χ2v) is 12.4. The number of amides is 3. The summed E-state index contributed by atoms with van der Waals surface area (Å²) in [7, 11) is 0. The van der Waals surface area contributed by atoms with Gasteiger partial charge in [-0.15, -0.1) is 23.2 Å². The molecular formula is C29H18Cl3F10N3O4. The van der Waals surface area contributed by atoms with Gasteiger partial charge in [-0.25, -0.2) is 13.2 Å². The molecule has 1 aliphatic carbocycles. The second-order valence-electron chi connectivity index (χ2n) is 10.5. The van der Waals surface area contributed by atoms with Crippen LogP contribution in [0, 0.1) is 23.4 Å². The van der Waals surface area contributed by atoms with E-state index in [1.165, 1.54) is 11.4 Å². The molecule has 0 aliphatic heterocycles. The van der Waals surface area contributed by atoms with Crippen molar-refractivity contribution in [1.29, 1.82) is 0 Å². The van der Waals surface area contributed by atoms with E-state index in [-0.39, 0.29) is 23.2 Å². The minimum atomic E-state index is -5.09. The molecule has 264 valence electrons. The molecule has 0 radical (unpaired) electrons. The van der Waals surface area contributed by atoms with E-state index in [1.54, 1.807) is 0 Å². The number of halogens is 13. The molecule has 4 rings (SSSR count).